The number of aromatic nitrogens is 2. The first-order valence-electron chi connectivity index (χ1n) is 4.63. The van der Waals surface area contributed by atoms with Crippen molar-refractivity contribution in [1.82, 2.24) is 9.97 Å². The van der Waals surface area contributed by atoms with Gasteiger partial charge in [-0.05, 0) is 19.1 Å². The molecule has 0 aliphatic carbocycles. The Morgan fingerprint density at radius 1 is 1.20 bits per heavy atom. The van der Waals surface area contributed by atoms with Crippen molar-refractivity contribution in [3.63, 3.8) is 0 Å². The summed E-state index contributed by atoms with van der Waals surface area (Å²) in [5.74, 6) is 0.450. The monoisotopic (exact) mass is 201 g/mol. The quantitative estimate of drug-likeness (QED) is 0.779. The second-order valence-corrected chi connectivity index (χ2v) is 3.27. The molecule has 15 heavy (non-hydrogen) atoms. The SMILES string of the molecule is Cc1ccc(Nc2nccc(=O)[nH]2)cc1. The van der Waals surface area contributed by atoms with Crippen molar-refractivity contribution in [2.75, 3.05) is 5.32 Å². The molecule has 0 bridgehead atoms. The highest BCUT2D eigenvalue weighted by molar-refractivity contribution is 5.53. The second-order valence-electron chi connectivity index (χ2n) is 3.27. The number of hydrogen-bond donors (Lipinski definition) is 2. The standard InChI is InChI=1S/C11H11N3O/c1-8-2-4-9(5-3-8)13-11-12-7-6-10(15)14-11/h2-7H,1H3,(H2,12,13,14,15). The summed E-state index contributed by atoms with van der Waals surface area (Å²) in [5.41, 5.74) is 1.92. The van der Waals surface area contributed by atoms with Crippen LogP contribution in [0.5, 0.6) is 0 Å². The minimum Gasteiger partial charge on any atom is -0.326 e. The molecule has 0 radical (unpaired) electrons. The van der Waals surface area contributed by atoms with E-state index in [2.05, 4.69) is 15.3 Å². The molecule has 1 heterocycles. The van der Waals surface area contributed by atoms with Gasteiger partial charge in [-0.15, -0.1) is 0 Å². The zero-order chi connectivity index (χ0) is 10.7. The van der Waals surface area contributed by atoms with Crippen molar-refractivity contribution in [3.8, 4) is 0 Å². The van der Waals surface area contributed by atoms with Crippen molar-refractivity contribution >= 4 is 11.6 Å². The number of aromatic amines is 1. The van der Waals surface area contributed by atoms with Gasteiger partial charge in [0.1, 0.15) is 0 Å². The molecule has 0 aliphatic heterocycles. The zero-order valence-corrected chi connectivity index (χ0v) is 8.32. The van der Waals surface area contributed by atoms with Crippen LogP contribution in [0.15, 0.2) is 41.3 Å². The molecular weight excluding hydrogens is 190 g/mol. The van der Waals surface area contributed by atoms with Crippen molar-refractivity contribution in [2.24, 2.45) is 0 Å². The number of nitrogens with one attached hydrogen (secondary N) is 2. The van der Waals surface area contributed by atoms with Gasteiger partial charge < -0.3 is 5.32 Å². The van der Waals surface area contributed by atoms with E-state index < -0.39 is 0 Å². The summed E-state index contributed by atoms with van der Waals surface area (Å²) in [6, 6.07) is 9.22. The molecule has 4 heteroatoms. The Bertz CT molecular complexity index is 502. The highest BCUT2D eigenvalue weighted by atomic mass is 16.1. The van der Waals surface area contributed by atoms with Crippen LogP contribution in [-0.2, 0) is 0 Å². The van der Waals surface area contributed by atoms with Crippen LogP contribution in [0.4, 0.5) is 11.6 Å². The highest BCUT2D eigenvalue weighted by Crippen LogP contribution is 2.11. The largest absolute Gasteiger partial charge is 0.326 e. The third-order valence-corrected chi connectivity index (χ3v) is 1.99. The molecule has 0 unspecified atom stereocenters. The molecular formula is C11H11N3O. The molecule has 0 fully saturated rings. The van der Waals surface area contributed by atoms with E-state index in [4.69, 9.17) is 0 Å². The first kappa shape index (κ1) is 9.45. The summed E-state index contributed by atoms with van der Waals surface area (Å²) in [5, 5.41) is 3.01. The lowest BCUT2D eigenvalue weighted by Crippen LogP contribution is -2.08. The van der Waals surface area contributed by atoms with E-state index >= 15 is 0 Å². The molecule has 76 valence electrons. The Morgan fingerprint density at radius 2 is 1.93 bits per heavy atom. The lowest BCUT2D eigenvalue weighted by Gasteiger charge is -2.04. The molecule has 4 nitrogen and oxygen atoms in total. The van der Waals surface area contributed by atoms with Crippen molar-refractivity contribution in [1.29, 1.82) is 0 Å². The van der Waals surface area contributed by atoms with Crippen LogP contribution in [0.2, 0.25) is 0 Å². The Labute approximate surface area is 87.0 Å². The highest BCUT2D eigenvalue weighted by Gasteiger charge is 1.95. The Kier molecular flexibility index (Phi) is 2.49. The molecule has 0 atom stereocenters. The maximum atomic E-state index is 11.0. The number of anilines is 2. The first-order chi connectivity index (χ1) is 7.24. The number of H-pyrrole nitrogens is 1. The summed E-state index contributed by atoms with van der Waals surface area (Å²) in [6.45, 7) is 2.02. The molecule has 0 aliphatic rings. The topological polar surface area (TPSA) is 57.8 Å². The molecule has 0 saturated carbocycles. The average Bonchev–Trinajstić information content (AvgIpc) is 2.22. The van der Waals surface area contributed by atoms with Gasteiger partial charge in [-0.3, -0.25) is 9.78 Å². The summed E-state index contributed by atoms with van der Waals surface area (Å²) in [4.78, 5) is 17.6. The summed E-state index contributed by atoms with van der Waals surface area (Å²) in [6.07, 6.45) is 1.47. The fraction of sp³-hybridized carbons (Fsp3) is 0.0909. The van der Waals surface area contributed by atoms with Crippen LogP contribution in [0.3, 0.4) is 0 Å². The smallest absolute Gasteiger partial charge is 0.252 e. The van der Waals surface area contributed by atoms with Crippen molar-refractivity contribution < 1.29 is 0 Å². The van der Waals surface area contributed by atoms with Gasteiger partial charge >= 0.3 is 0 Å². The summed E-state index contributed by atoms with van der Waals surface area (Å²) >= 11 is 0. The molecule has 2 aromatic rings. The lowest BCUT2D eigenvalue weighted by molar-refractivity contribution is 1.12. The fourth-order valence-electron chi connectivity index (χ4n) is 1.21. The molecule has 1 aromatic heterocycles. The van der Waals surface area contributed by atoms with Gasteiger partial charge in [-0.2, -0.15) is 0 Å². The Balaban J connectivity index is 2.22. The third kappa shape index (κ3) is 2.43. The molecule has 1 aromatic carbocycles. The van der Waals surface area contributed by atoms with Crippen LogP contribution in [0.1, 0.15) is 5.56 Å². The number of rotatable bonds is 2. The van der Waals surface area contributed by atoms with Crippen LogP contribution in [-0.4, -0.2) is 9.97 Å². The molecule has 0 spiro atoms. The normalized spacial score (nSPS) is 9.93. The van der Waals surface area contributed by atoms with E-state index in [0.717, 1.165) is 5.69 Å². The van der Waals surface area contributed by atoms with Crippen LogP contribution >= 0.6 is 0 Å². The van der Waals surface area contributed by atoms with Crippen molar-refractivity contribution in [2.45, 2.75) is 6.92 Å². The van der Waals surface area contributed by atoms with Crippen LogP contribution in [0, 0.1) is 6.92 Å². The lowest BCUT2D eigenvalue weighted by atomic mass is 10.2. The number of aryl methyl sites for hydroxylation is 1. The van der Waals surface area contributed by atoms with Gasteiger partial charge in [0.25, 0.3) is 5.56 Å². The predicted octanol–water partition coefficient (Wildman–Crippen LogP) is 1.82. The maximum absolute atomic E-state index is 11.0. The van der Waals surface area contributed by atoms with Crippen LogP contribution < -0.4 is 10.9 Å². The molecule has 0 saturated heterocycles. The first-order valence-corrected chi connectivity index (χ1v) is 4.63. The maximum Gasteiger partial charge on any atom is 0.252 e. The minimum atomic E-state index is -0.167. The summed E-state index contributed by atoms with van der Waals surface area (Å²) in [7, 11) is 0. The number of nitrogens with zero attached hydrogens (tertiary/aromatic N) is 1. The van der Waals surface area contributed by atoms with E-state index in [9.17, 15) is 4.79 Å². The van der Waals surface area contributed by atoms with Crippen molar-refractivity contribution in [3.05, 3.63) is 52.4 Å². The van der Waals surface area contributed by atoms with E-state index in [0.29, 0.717) is 5.95 Å². The predicted molar refractivity (Wildman–Crippen MR) is 59.3 cm³/mol. The Morgan fingerprint density at radius 3 is 2.60 bits per heavy atom. The fourth-order valence-corrected chi connectivity index (χ4v) is 1.21. The molecule has 0 amide bonds. The van der Waals surface area contributed by atoms with Gasteiger partial charge in [0.15, 0.2) is 0 Å². The number of benzene rings is 1. The zero-order valence-electron chi connectivity index (χ0n) is 8.32. The third-order valence-electron chi connectivity index (χ3n) is 1.99. The van der Waals surface area contributed by atoms with Gasteiger partial charge in [-0.1, -0.05) is 17.7 Å². The van der Waals surface area contributed by atoms with E-state index in [-0.39, 0.29) is 5.56 Å². The second kappa shape index (κ2) is 3.96. The van der Waals surface area contributed by atoms with Gasteiger partial charge in [0.2, 0.25) is 5.95 Å². The van der Waals surface area contributed by atoms with Gasteiger partial charge in [0.05, 0.1) is 0 Å². The summed E-state index contributed by atoms with van der Waals surface area (Å²) < 4.78 is 0. The van der Waals surface area contributed by atoms with Gasteiger partial charge in [0, 0.05) is 18.0 Å². The molecule has 2 rings (SSSR count). The molecule has 2 N–H and O–H groups in total. The Hall–Kier alpha value is -2.10. The average molecular weight is 201 g/mol. The van der Waals surface area contributed by atoms with Crippen LogP contribution in [0.25, 0.3) is 0 Å². The van der Waals surface area contributed by atoms with E-state index in [1.807, 2.05) is 31.2 Å². The van der Waals surface area contributed by atoms with Gasteiger partial charge in [-0.25, -0.2) is 4.98 Å². The number of hydrogen-bond acceptors (Lipinski definition) is 3. The van der Waals surface area contributed by atoms with E-state index in [1.54, 1.807) is 0 Å². The van der Waals surface area contributed by atoms with E-state index in [1.165, 1.54) is 17.8 Å². The minimum absolute atomic E-state index is 0.167.